The van der Waals surface area contributed by atoms with Crippen molar-refractivity contribution < 1.29 is 8.42 Å². The third-order valence-electron chi connectivity index (χ3n) is 3.24. The van der Waals surface area contributed by atoms with Crippen LogP contribution in [0.2, 0.25) is 0 Å². The van der Waals surface area contributed by atoms with Gasteiger partial charge in [-0.2, -0.15) is 9.40 Å². The number of hydrogen-bond acceptors (Lipinski definition) is 3. The lowest BCUT2D eigenvalue weighted by atomic mass is 10.1. The smallest absolute Gasteiger partial charge is 0.260 e. The van der Waals surface area contributed by atoms with E-state index in [9.17, 15) is 8.42 Å². The second kappa shape index (κ2) is 6.04. The van der Waals surface area contributed by atoms with Crippen LogP contribution in [-0.4, -0.2) is 36.0 Å². The van der Waals surface area contributed by atoms with Crippen molar-refractivity contribution in [3.05, 3.63) is 11.8 Å². The number of H-pyrrole nitrogens is 1. The predicted molar refractivity (Wildman–Crippen MR) is 70.0 cm³/mol. The van der Waals surface area contributed by atoms with Gasteiger partial charge < -0.3 is 0 Å². The van der Waals surface area contributed by atoms with E-state index in [4.69, 9.17) is 11.6 Å². The first-order valence-electron chi connectivity index (χ1n) is 6.24. The highest BCUT2D eigenvalue weighted by Crippen LogP contribution is 2.21. The van der Waals surface area contributed by atoms with E-state index in [1.54, 1.807) is 4.31 Å². The monoisotopic (exact) mass is 291 g/mol. The molecule has 0 atom stereocenters. The van der Waals surface area contributed by atoms with Crippen molar-refractivity contribution in [3.63, 3.8) is 0 Å². The number of aromatic nitrogens is 2. The number of nitrogens with one attached hydrogen (secondary N) is 1. The van der Waals surface area contributed by atoms with Gasteiger partial charge in [0.2, 0.25) is 0 Å². The molecule has 1 aromatic heterocycles. The van der Waals surface area contributed by atoms with Crippen LogP contribution in [0.5, 0.6) is 0 Å². The molecule has 2 heterocycles. The van der Waals surface area contributed by atoms with E-state index >= 15 is 0 Å². The molecular formula is C11H18ClN3O2S. The average molecular weight is 292 g/mol. The molecule has 0 unspecified atom stereocenters. The predicted octanol–water partition coefficient (Wildman–Crippen LogP) is 2.10. The van der Waals surface area contributed by atoms with Crippen LogP contribution in [0.3, 0.4) is 0 Å². The van der Waals surface area contributed by atoms with Crippen molar-refractivity contribution in [3.8, 4) is 0 Å². The minimum Gasteiger partial charge on any atom is -0.266 e. The van der Waals surface area contributed by atoms with Gasteiger partial charge in [0.05, 0.1) is 12.1 Å². The highest BCUT2D eigenvalue weighted by atomic mass is 35.5. The molecule has 102 valence electrons. The zero-order valence-corrected chi connectivity index (χ0v) is 11.8. The van der Waals surface area contributed by atoms with Crippen LogP contribution in [0.15, 0.2) is 11.2 Å². The van der Waals surface area contributed by atoms with E-state index < -0.39 is 10.0 Å². The summed E-state index contributed by atoms with van der Waals surface area (Å²) in [5.41, 5.74) is 0.540. The summed E-state index contributed by atoms with van der Waals surface area (Å²) in [7, 11) is -3.47. The summed E-state index contributed by atoms with van der Waals surface area (Å²) in [5, 5.41) is 6.50. The van der Waals surface area contributed by atoms with E-state index in [1.165, 1.54) is 12.6 Å². The molecule has 1 aliphatic rings. The lowest BCUT2D eigenvalue weighted by Crippen LogP contribution is -2.34. The topological polar surface area (TPSA) is 66.1 Å². The number of rotatable bonds is 3. The molecule has 18 heavy (non-hydrogen) atoms. The van der Waals surface area contributed by atoms with Crippen molar-refractivity contribution in [1.82, 2.24) is 14.5 Å². The van der Waals surface area contributed by atoms with Crippen LogP contribution in [0.4, 0.5) is 0 Å². The first kappa shape index (κ1) is 13.8. The largest absolute Gasteiger partial charge is 0.266 e. The molecule has 5 nitrogen and oxygen atoms in total. The molecule has 1 saturated heterocycles. The first-order valence-corrected chi connectivity index (χ1v) is 8.22. The lowest BCUT2D eigenvalue weighted by Gasteiger charge is -2.23. The number of halogens is 1. The number of sulfonamides is 1. The molecule has 2 rings (SSSR count). The van der Waals surface area contributed by atoms with Gasteiger partial charge in [-0.3, -0.25) is 5.10 Å². The quantitative estimate of drug-likeness (QED) is 0.867. The lowest BCUT2D eigenvalue weighted by molar-refractivity contribution is 0.362. The molecule has 0 radical (unpaired) electrons. The third-order valence-corrected chi connectivity index (χ3v) is 5.44. The standard InChI is InChI=1S/C11H18ClN3O2S/c12-8-10-9-13-14-11(10)18(16,17)15-6-4-2-1-3-5-7-15/h9H,1-8H2,(H,13,14). The van der Waals surface area contributed by atoms with E-state index in [2.05, 4.69) is 10.2 Å². The summed E-state index contributed by atoms with van der Waals surface area (Å²) in [6, 6.07) is 0. The Hall–Kier alpha value is -0.590. The Balaban J connectivity index is 2.23. The van der Waals surface area contributed by atoms with Gasteiger partial charge in [0, 0.05) is 18.7 Å². The highest BCUT2D eigenvalue weighted by Gasteiger charge is 2.28. The molecule has 0 aromatic carbocycles. The molecule has 0 spiro atoms. The fourth-order valence-electron chi connectivity index (χ4n) is 2.21. The zero-order valence-electron chi connectivity index (χ0n) is 10.2. The molecular weight excluding hydrogens is 274 g/mol. The second-order valence-corrected chi connectivity index (χ2v) is 6.67. The summed E-state index contributed by atoms with van der Waals surface area (Å²) in [6.45, 7) is 1.17. The third kappa shape index (κ3) is 2.87. The SMILES string of the molecule is O=S(=O)(c1[nH]ncc1CCl)N1CCCCCCC1. The number of alkyl halides is 1. The summed E-state index contributed by atoms with van der Waals surface area (Å²) in [6.07, 6.45) is 6.71. The van der Waals surface area contributed by atoms with E-state index in [1.807, 2.05) is 0 Å². The van der Waals surface area contributed by atoms with Gasteiger partial charge in [0.1, 0.15) is 0 Å². The molecule has 1 aromatic rings. The van der Waals surface area contributed by atoms with Gasteiger partial charge >= 0.3 is 0 Å². The Kier molecular flexibility index (Phi) is 4.64. The first-order chi connectivity index (χ1) is 8.66. The Morgan fingerprint density at radius 2 is 1.83 bits per heavy atom. The molecule has 1 aliphatic heterocycles. The average Bonchev–Trinajstić information content (AvgIpc) is 2.76. The number of hydrogen-bond donors (Lipinski definition) is 1. The van der Waals surface area contributed by atoms with Crippen molar-refractivity contribution in [2.75, 3.05) is 13.1 Å². The molecule has 0 saturated carbocycles. The van der Waals surface area contributed by atoms with Gasteiger partial charge in [0.15, 0.2) is 5.03 Å². The van der Waals surface area contributed by atoms with Crippen LogP contribution in [-0.2, 0) is 15.9 Å². The van der Waals surface area contributed by atoms with E-state index in [-0.39, 0.29) is 10.9 Å². The zero-order chi connectivity index (χ0) is 13.0. The Morgan fingerprint density at radius 3 is 2.44 bits per heavy atom. The minimum absolute atomic E-state index is 0.151. The molecule has 1 fully saturated rings. The van der Waals surface area contributed by atoms with Crippen molar-refractivity contribution in [2.45, 2.75) is 43.0 Å². The molecule has 7 heteroatoms. The number of aromatic amines is 1. The van der Waals surface area contributed by atoms with Gasteiger partial charge in [-0.25, -0.2) is 8.42 Å². The van der Waals surface area contributed by atoms with Crippen LogP contribution >= 0.6 is 11.6 Å². The van der Waals surface area contributed by atoms with Crippen molar-refractivity contribution >= 4 is 21.6 Å². The molecule has 0 aliphatic carbocycles. The molecule has 1 N–H and O–H groups in total. The maximum absolute atomic E-state index is 12.5. The second-order valence-electron chi connectivity index (χ2n) is 4.53. The van der Waals surface area contributed by atoms with Gasteiger partial charge in [-0.15, -0.1) is 11.6 Å². The van der Waals surface area contributed by atoms with Gasteiger partial charge in [-0.05, 0) is 12.8 Å². The number of nitrogens with zero attached hydrogens (tertiary/aromatic N) is 2. The van der Waals surface area contributed by atoms with E-state index in [0.29, 0.717) is 18.7 Å². The van der Waals surface area contributed by atoms with Crippen LogP contribution < -0.4 is 0 Å². The summed E-state index contributed by atoms with van der Waals surface area (Å²) in [5.74, 6) is 0.152. The Morgan fingerprint density at radius 1 is 1.22 bits per heavy atom. The normalized spacial score (nSPS) is 19.4. The maximum atomic E-state index is 12.5. The van der Waals surface area contributed by atoms with Crippen LogP contribution in [0.1, 0.15) is 37.7 Å². The summed E-state index contributed by atoms with van der Waals surface area (Å²) < 4.78 is 26.5. The summed E-state index contributed by atoms with van der Waals surface area (Å²) in [4.78, 5) is 0. The Bertz CT molecular complexity index is 478. The minimum atomic E-state index is -3.47. The van der Waals surface area contributed by atoms with Crippen LogP contribution in [0.25, 0.3) is 0 Å². The van der Waals surface area contributed by atoms with E-state index in [0.717, 1.165) is 25.7 Å². The van der Waals surface area contributed by atoms with Crippen molar-refractivity contribution in [2.24, 2.45) is 0 Å². The molecule has 0 amide bonds. The fraction of sp³-hybridized carbons (Fsp3) is 0.727. The maximum Gasteiger partial charge on any atom is 0.260 e. The Labute approximate surface area is 113 Å². The van der Waals surface area contributed by atoms with Crippen molar-refractivity contribution in [1.29, 1.82) is 0 Å². The molecule has 0 bridgehead atoms. The van der Waals surface area contributed by atoms with Crippen LogP contribution in [0, 0.1) is 0 Å². The van der Waals surface area contributed by atoms with Gasteiger partial charge in [0.25, 0.3) is 10.0 Å². The fourth-order valence-corrected chi connectivity index (χ4v) is 4.11. The highest BCUT2D eigenvalue weighted by molar-refractivity contribution is 7.89. The summed E-state index contributed by atoms with van der Waals surface area (Å²) >= 11 is 5.73. The van der Waals surface area contributed by atoms with Gasteiger partial charge in [-0.1, -0.05) is 19.3 Å².